The summed E-state index contributed by atoms with van der Waals surface area (Å²) in [7, 11) is 0. The van der Waals surface area contributed by atoms with Gasteiger partial charge in [-0.05, 0) is 56.7 Å². The van der Waals surface area contributed by atoms with Gasteiger partial charge in [-0.1, -0.05) is 17.7 Å². The molecule has 0 N–H and O–H groups in total. The summed E-state index contributed by atoms with van der Waals surface area (Å²) < 4.78 is 0. The number of hydrogen-bond acceptors (Lipinski definition) is 0. The number of hydrogen-bond donors (Lipinski definition) is 0. The summed E-state index contributed by atoms with van der Waals surface area (Å²) >= 11 is 0. The Kier molecular flexibility index (Phi) is 4.43. The van der Waals surface area contributed by atoms with E-state index < -0.39 is 0 Å². The zero-order valence-corrected chi connectivity index (χ0v) is 9.93. The van der Waals surface area contributed by atoms with Gasteiger partial charge in [0.1, 0.15) is 0 Å². The second kappa shape index (κ2) is 5.61. The van der Waals surface area contributed by atoms with Gasteiger partial charge in [0.05, 0.1) is 0 Å². The Morgan fingerprint density at radius 1 is 1.20 bits per heavy atom. The van der Waals surface area contributed by atoms with Crippen molar-refractivity contribution in [1.82, 2.24) is 0 Å². The standard InChI is InChI=1S/C15H19/c1-5-6-7-8-9-15-13(3)10-12(2)11-14(15)4/h1,9-11H,6-8H2,2-4H3. The van der Waals surface area contributed by atoms with Crippen LogP contribution >= 0.6 is 0 Å². The number of benzene rings is 1. The summed E-state index contributed by atoms with van der Waals surface area (Å²) in [6.07, 6.45) is 10.6. The van der Waals surface area contributed by atoms with E-state index in [1.54, 1.807) is 0 Å². The first-order valence-corrected chi connectivity index (χ1v) is 5.49. The highest BCUT2D eigenvalue weighted by Gasteiger charge is 2.03. The Bertz CT molecular complexity index is 343. The van der Waals surface area contributed by atoms with Crippen molar-refractivity contribution in [3.63, 3.8) is 0 Å². The van der Waals surface area contributed by atoms with Crippen LogP contribution in [0.15, 0.2) is 12.1 Å². The number of aryl methyl sites for hydroxylation is 3. The van der Waals surface area contributed by atoms with Crippen LogP contribution in [-0.4, -0.2) is 0 Å². The highest BCUT2D eigenvalue weighted by molar-refractivity contribution is 5.41. The van der Waals surface area contributed by atoms with Gasteiger partial charge in [0.2, 0.25) is 0 Å². The van der Waals surface area contributed by atoms with E-state index in [0.29, 0.717) is 0 Å². The Balaban J connectivity index is 2.65. The minimum atomic E-state index is 0.875. The molecule has 0 heteroatoms. The summed E-state index contributed by atoms with van der Waals surface area (Å²) in [6, 6.07) is 4.47. The van der Waals surface area contributed by atoms with Crippen molar-refractivity contribution in [1.29, 1.82) is 0 Å². The molecule has 0 bridgehead atoms. The molecule has 79 valence electrons. The molecule has 0 fully saturated rings. The molecule has 0 aliphatic heterocycles. The number of rotatable bonds is 4. The molecule has 0 saturated carbocycles. The van der Waals surface area contributed by atoms with Crippen LogP contribution in [-0.2, 0) is 0 Å². The summed E-state index contributed by atoms with van der Waals surface area (Å²) in [4.78, 5) is 0. The smallest absolute Gasteiger partial charge is 0.00862 e. The molecule has 0 amide bonds. The lowest BCUT2D eigenvalue weighted by molar-refractivity contribution is 0.848. The predicted octanol–water partition coefficient (Wildman–Crippen LogP) is 3.97. The maximum atomic E-state index is 5.22. The van der Waals surface area contributed by atoms with E-state index in [0.717, 1.165) is 19.3 Å². The maximum Gasteiger partial charge on any atom is 0.00862 e. The molecule has 0 aliphatic rings. The molecule has 0 aliphatic carbocycles. The lowest BCUT2D eigenvalue weighted by atomic mass is 9.95. The van der Waals surface area contributed by atoms with Crippen molar-refractivity contribution in [3.05, 3.63) is 40.8 Å². The first-order valence-electron chi connectivity index (χ1n) is 5.49. The van der Waals surface area contributed by atoms with Crippen LogP contribution in [0.5, 0.6) is 0 Å². The van der Waals surface area contributed by atoms with E-state index >= 15 is 0 Å². The zero-order chi connectivity index (χ0) is 11.3. The fourth-order valence-electron chi connectivity index (χ4n) is 1.96. The van der Waals surface area contributed by atoms with Crippen LogP contribution < -0.4 is 0 Å². The van der Waals surface area contributed by atoms with Crippen LogP contribution in [0.1, 0.15) is 41.5 Å². The molecule has 0 saturated heterocycles. The predicted molar refractivity (Wildman–Crippen MR) is 66.7 cm³/mol. The van der Waals surface area contributed by atoms with Crippen LogP contribution in [0.2, 0.25) is 0 Å². The first kappa shape index (κ1) is 11.9. The molecule has 1 aromatic carbocycles. The molecule has 1 aromatic rings. The second-order valence-electron chi connectivity index (χ2n) is 4.11. The minimum absolute atomic E-state index is 0.875. The van der Waals surface area contributed by atoms with Crippen LogP contribution in [0.25, 0.3) is 0 Å². The van der Waals surface area contributed by atoms with Crippen LogP contribution in [0.4, 0.5) is 0 Å². The second-order valence-corrected chi connectivity index (χ2v) is 4.11. The van der Waals surface area contributed by atoms with E-state index in [-0.39, 0.29) is 0 Å². The quantitative estimate of drug-likeness (QED) is 0.508. The fraction of sp³-hybridized carbons (Fsp3) is 0.400. The molecule has 0 atom stereocenters. The average molecular weight is 199 g/mol. The lowest BCUT2D eigenvalue weighted by Gasteiger charge is -2.10. The lowest BCUT2D eigenvalue weighted by Crippen LogP contribution is -1.93. The van der Waals surface area contributed by atoms with Crippen LogP contribution in [0, 0.1) is 39.5 Å². The van der Waals surface area contributed by atoms with Gasteiger partial charge >= 0.3 is 0 Å². The van der Waals surface area contributed by atoms with Crippen molar-refractivity contribution in [2.24, 2.45) is 0 Å². The monoisotopic (exact) mass is 199 g/mol. The van der Waals surface area contributed by atoms with E-state index in [9.17, 15) is 0 Å². The minimum Gasteiger partial charge on any atom is -0.120 e. The topological polar surface area (TPSA) is 0 Å². The normalized spacial score (nSPS) is 10.0. The third kappa shape index (κ3) is 3.44. The van der Waals surface area contributed by atoms with Gasteiger partial charge in [0.25, 0.3) is 0 Å². The van der Waals surface area contributed by atoms with E-state index in [1.165, 1.54) is 22.3 Å². The highest BCUT2D eigenvalue weighted by Crippen LogP contribution is 2.20. The summed E-state index contributed by atoms with van der Waals surface area (Å²) in [5.74, 6) is 2.67. The van der Waals surface area contributed by atoms with E-state index in [2.05, 4.69) is 45.2 Å². The van der Waals surface area contributed by atoms with Gasteiger partial charge in [0, 0.05) is 6.42 Å². The Morgan fingerprint density at radius 2 is 1.80 bits per heavy atom. The molecule has 0 unspecified atom stereocenters. The van der Waals surface area contributed by atoms with Gasteiger partial charge in [-0.2, -0.15) is 0 Å². The van der Waals surface area contributed by atoms with Crippen molar-refractivity contribution < 1.29 is 0 Å². The SMILES string of the molecule is C#CCCC[CH]c1c(C)cc(C)cc1C. The Hall–Kier alpha value is -1.22. The van der Waals surface area contributed by atoms with Crippen molar-refractivity contribution in [2.75, 3.05) is 0 Å². The summed E-state index contributed by atoms with van der Waals surface area (Å²) in [6.45, 7) is 6.49. The number of terminal acetylenes is 1. The Morgan fingerprint density at radius 3 is 2.33 bits per heavy atom. The molecule has 0 heterocycles. The fourth-order valence-corrected chi connectivity index (χ4v) is 1.96. The molecule has 15 heavy (non-hydrogen) atoms. The average Bonchev–Trinajstić information content (AvgIpc) is 2.15. The van der Waals surface area contributed by atoms with Gasteiger partial charge < -0.3 is 0 Å². The first-order chi connectivity index (χ1) is 7.15. The molecule has 1 rings (SSSR count). The third-order valence-electron chi connectivity index (χ3n) is 2.61. The highest BCUT2D eigenvalue weighted by atomic mass is 14.1. The third-order valence-corrected chi connectivity index (χ3v) is 2.61. The van der Waals surface area contributed by atoms with Gasteiger partial charge in [-0.3, -0.25) is 0 Å². The van der Waals surface area contributed by atoms with Crippen molar-refractivity contribution in [3.8, 4) is 12.3 Å². The van der Waals surface area contributed by atoms with Gasteiger partial charge in [-0.25, -0.2) is 0 Å². The summed E-state index contributed by atoms with van der Waals surface area (Å²) in [5, 5.41) is 0. The van der Waals surface area contributed by atoms with Gasteiger partial charge in [0.15, 0.2) is 0 Å². The van der Waals surface area contributed by atoms with E-state index in [1.807, 2.05) is 0 Å². The largest absolute Gasteiger partial charge is 0.120 e. The number of unbranched alkanes of at least 4 members (excludes halogenated alkanes) is 2. The summed E-state index contributed by atoms with van der Waals surface area (Å²) in [5.41, 5.74) is 5.46. The van der Waals surface area contributed by atoms with Crippen LogP contribution in [0.3, 0.4) is 0 Å². The molecular weight excluding hydrogens is 180 g/mol. The zero-order valence-electron chi connectivity index (χ0n) is 9.93. The Labute approximate surface area is 93.7 Å². The van der Waals surface area contributed by atoms with Gasteiger partial charge in [-0.15, -0.1) is 12.3 Å². The molecule has 0 aromatic heterocycles. The molecule has 0 nitrogen and oxygen atoms in total. The van der Waals surface area contributed by atoms with E-state index in [4.69, 9.17) is 6.42 Å². The molecular formula is C15H19. The molecule has 0 spiro atoms. The molecule has 1 radical (unpaired) electrons. The van der Waals surface area contributed by atoms with Crippen molar-refractivity contribution >= 4 is 0 Å². The maximum absolute atomic E-state index is 5.22. The van der Waals surface area contributed by atoms with Crippen molar-refractivity contribution in [2.45, 2.75) is 40.0 Å².